The summed E-state index contributed by atoms with van der Waals surface area (Å²) in [5.74, 6) is 0.441. The second kappa shape index (κ2) is 13.7. The number of hydrogen-bond donors (Lipinski definition) is 0. The zero-order valence-corrected chi connectivity index (χ0v) is 23.6. The highest BCUT2D eigenvalue weighted by molar-refractivity contribution is 5.80. The largest absolute Gasteiger partial charge is 0.490 e. The number of hydrogen-bond acceptors (Lipinski definition) is 7. The molecule has 1 fully saturated rings. The number of amides is 1. The lowest BCUT2D eigenvalue weighted by molar-refractivity contribution is -0.144. The Kier molecular flexibility index (Phi) is 10.4. The minimum Gasteiger partial charge on any atom is -0.490 e. The molecule has 1 unspecified atom stereocenters. The first-order valence-corrected chi connectivity index (χ1v) is 13.4. The van der Waals surface area contributed by atoms with Gasteiger partial charge in [0, 0.05) is 38.2 Å². The quantitative estimate of drug-likeness (QED) is 0.376. The molecule has 208 valence electrons. The van der Waals surface area contributed by atoms with Crippen molar-refractivity contribution in [2.45, 2.75) is 65.2 Å². The van der Waals surface area contributed by atoms with Crippen molar-refractivity contribution >= 4 is 23.8 Å². The zero-order chi connectivity index (χ0) is 28.4. The van der Waals surface area contributed by atoms with Gasteiger partial charge in [0.1, 0.15) is 23.5 Å². The van der Waals surface area contributed by atoms with Crippen LogP contribution in [-0.4, -0.2) is 61.0 Å². The molecular weight excluding hydrogens is 494 g/mol. The summed E-state index contributed by atoms with van der Waals surface area (Å²) in [5.41, 5.74) is 1.86. The van der Waals surface area contributed by atoms with Gasteiger partial charge >= 0.3 is 12.1 Å². The average molecular weight is 534 g/mol. The Bertz CT molecular complexity index is 1170. The first-order valence-electron chi connectivity index (χ1n) is 13.4. The summed E-state index contributed by atoms with van der Waals surface area (Å²) in [6.45, 7) is 11.2. The summed E-state index contributed by atoms with van der Waals surface area (Å²) in [5, 5.41) is 9.14. The molecule has 1 amide bonds. The number of piperidine rings is 1. The monoisotopic (exact) mass is 533 g/mol. The number of esters is 1. The Hall–Kier alpha value is -3.99. The lowest BCUT2D eigenvalue weighted by Crippen LogP contribution is -2.44. The second-order valence-electron chi connectivity index (χ2n) is 10.5. The highest BCUT2D eigenvalue weighted by Crippen LogP contribution is 2.25. The predicted molar refractivity (Wildman–Crippen MR) is 152 cm³/mol. The lowest BCUT2D eigenvalue weighted by atomic mass is 10.1. The average Bonchev–Trinajstić information content (AvgIpc) is 2.91. The first-order chi connectivity index (χ1) is 18.6. The first kappa shape index (κ1) is 29.6. The summed E-state index contributed by atoms with van der Waals surface area (Å²) in [6.07, 6.45) is 5.08. The van der Waals surface area contributed by atoms with E-state index in [0.29, 0.717) is 31.8 Å². The third-order valence-electron chi connectivity index (χ3n) is 6.29. The fourth-order valence-electron chi connectivity index (χ4n) is 4.28. The molecule has 0 aromatic heterocycles. The van der Waals surface area contributed by atoms with E-state index in [2.05, 4.69) is 6.07 Å². The van der Waals surface area contributed by atoms with Gasteiger partial charge in [-0.1, -0.05) is 24.3 Å². The van der Waals surface area contributed by atoms with Crippen LogP contribution in [0.25, 0.3) is 6.08 Å². The van der Waals surface area contributed by atoms with Crippen LogP contribution >= 0.6 is 0 Å². The number of nitriles is 1. The second-order valence-corrected chi connectivity index (χ2v) is 10.5. The molecule has 1 saturated heterocycles. The summed E-state index contributed by atoms with van der Waals surface area (Å²) < 4.78 is 16.9. The summed E-state index contributed by atoms with van der Waals surface area (Å²) in [7, 11) is 0. The fourth-order valence-corrected chi connectivity index (χ4v) is 4.28. The number of benzene rings is 2. The Balaban J connectivity index is 1.64. The van der Waals surface area contributed by atoms with E-state index >= 15 is 0 Å². The molecule has 0 bridgehead atoms. The van der Waals surface area contributed by atoms with E-state index in [4.69, 9.17) is 19.5 Å². The third-order valence-corrected chi connectivity index (χ3v) is 6.29. The Morgan fingerprint density at radius 1 is 1.15 bits per heavy atom. The van der Waals surface area contributed by atoms with Crippen LogP contribution in [0.5, 0.6) is 5.75 Å². The maximum Gasteiger partial charge on any atom is 0.410 e. The van der Waals surface area contributed by atoms with E-state index < -0.39 is 11.6 Å². The van der Waals surface area contributed by atoms with Crippen molar-refractivity contribution in [3.05, 3.63) is 65.7 Å². The number of carbonyl (C=O) groups is 2. The van der Waals surface area contributed by atoms with E-state index in [1.165, 1.54) is 0 Å². The van der Waals surface area contributed by atoms with Gasteiger partial charge in [0.25, 0.3) is 0 Å². The fraction of sp³-hybridized carbons (Fsp3) is 0.452. The molecule has 0 saturated carbocycles. The van der Waals surface area contributed by atoms with Crippen LogP contribution in [0.4, 0.5) is 10.5 Å². The van der Waals surface area contributed by atoms with Crippen molar-refractivity contribution in [2.75, 3.05) is 31.1 Å². The highest BCUT2D eigenvalue weighted by Gasteiger charge is 2.28. The molecule has 2 aromatic rings. The third kappa shape index (κ3) is 9.06. The van der Waals surface area contributed by atoms with Crippen LogP contribution < -0.4 is 9.64 Å². The topological polar surface area (TPSA) is 92.1 Å². The van der Waals surface area contributed by atoms with Crippen molar-refractivity contribution in [3.63, 3.8) is 0 Å². The maximum atomic E-state index is 12.6. The van der Waals surface area contributed by atoms with Gasteiger partial charge in [-0.2, -0.15) is 5.26 Å². The maximum absolute atomic E-state index is 12.6. The lowest BCUT2D eigenvalue weighted by Gasteiger charge is -2.33. The SMILES string of the molecule is CCOC(=O)C(C)N(CC=Cc1cccc(C#N)c1)c1ccc(OC2CCN(C(=O)OC(C)(C)C)CC2)cc1. The number of ether oxygens (including phenoxy) is 3. The molecule has 1 aliphatic rings. The number of nitrogens with zero attached hydrogens (tertiary/aromatic N) is 3. The van der Waals surface area contributed by atoms with Crippen LogP contribution in [0.1, 0.15) is 58.6 Å². The van der Waals surface area contributed by atoms with E-state index in [-0.39, 0.29) is 18.2 Å². The standard InChI is InChI=1S/C31H39N3O5/c1-6-37-29(35)23(2)34(18-8-11-24-9-7-10-25(21-24)22-32)26-12-14-27(15-13-26)38-28-16-19-33(20-17-28)30(36)39-31(3,4)5/h7-15,21,23,28H,6,16-20H2,1-5H3. The minimum atomic E-state index is -0.511. The molecule has 0 N–H and O–H groups in total. The number of carbonyl (C=O) groups excluding carboxylic acids is 2. The Labute approximate surface area is 231 Å². The predicted octanol–water partition coefficient (Wildman–Crippen LogP) is 5.81. The molecular formula is C31H39N3O5. The zero-order valence-electron chi connectivity index (χ0n) is 23.6. The van der Waals surface area contributed by atoms with Gasteiger partial charge in [0.2, 0.25) is 0 Å². The molecule has 2 aromatic carbocycles. The molecule has 0 radical (unpaired) electrons. The van der Waals surface area contributed by atoms with Crippen molar-refractivity contribution < 1.29 is 23.8 Å². The van der Waals surface area contributed by atoms with Gasteiger partial charge in [0.15, 0.2) is 0 Å². The number of anilines is 1. The molecule has 1 aliphatic heterocycles. The van der Waals surface area contributed by atoms with Crippen LogP contribution in [0.3, 0.4) is 0 Å². The van der Waals surface area contributed by atoms with Crippen LogP contribution in [0.15, 0.2) is 54.6 Å². The van der Waals surface area contributed by atoms with Crippen LogP contribution in [-0.2, 0) is 14.3 Å². The molecule has 0 aliphatic carbocycles. The molecule has 0 spiro atoms. The molecule has 39 heavy (non-hydrogen) atoms. The van der Waals surface area contributed by atoms with Crippen LogP contribution in [0, 0.1) is 11.3 Å². The summed E-state index contributed by atoms with van der Waals surface area (Å²) in [6, 6.07) is 16.7. The Morgan fingerprint density at radius 2 is 1.85 bits per heavy atom. The smallest absolute Gasteiger partial charge is 0.410 e. The molecule has 1 heterocycles. The molecule has 3 rings (SSSR count). The summed E-state index contributed by atoms with van der Waals surface area (Å²) in [4.78, 5) is 28.6. The van der Waals surface area contributed by atoms with Crippen molar-refractivity contribution in [3.8, 4) is 11.8 Å². The van der Waals surface area contributed by atoms with Gasteiger partial charge in [-0.15, -0.1) is 0 Å². The highest BCUT2D eigenvalue weighted by atomic mass is 16.6. The van der Waals surface area contributed by atoms with E-state index in [9.17, 15) is 9.59 Å². The van der Waals surface area contributed by atoms with Crippen molar-refractivity contribution in [2.24, 2.45) is 0 Å². The minimum absolute atomic E-state index is 0.0104. The van der Waals surface area contributed by atoms with Gasteiger partial charge in [-0.05, 0) is 76.6 Å². The molecule has 8 heteroatoms. The van der Waals surface area contributed by atoms with Crippen molar-refractivity contribution in [1.29, 1.82) is 5.26 Å². The molecule has 8 nitrogen and oxygen atoms in total. The number of rotatable bonds is 9. The van der Waals surface area contributed by atoms with Gasteiger partial charge in [-0.3, -0.25) is 0 Å². The Morgan fingerprint density at radius 3 is 2.46 bits per heavy atom. The molecule has 1 atom stereocenters. The van der Waals surface area contributed by atoms with Crippen molar-refractivity contribution in [1.82, 2.24) is 4.90 Å². The van der Waals surface area contributed by atoms with Gasteiger partial charge < -0.3 is 24.0 Å². The normalized spacial score (nSPS) is 14.9. The van der Waals surface area contributed by atoms with Gasteiger partial charge in [-0.25, -0.2) is 9.59 Å². The number of likely N-dealkylation sites (tertiary alicyclic amines) is 1. The van der Waals surface area contributed by atoms with E-state index in [1.807, 2.05) is 87.2 Å². The van der Waals surface area contributed by atoms with E-state index in [0.717, 1.165) is 29.8 Å². The van der Waals surface area contributed by atoms with E-state index in [1.54, 1.807) is 17.9 Å². The summed E-state index contributed by atoms with van der Waals surface area (Å²) >= 11 is 0. The van der Waals surface area contributed by atoms with Gasteiger partial charge in [0.05, 0.1) is 18.2 Å². The van der Waals surface area contributed by atoms with Crippen LogP contribution in [0.2, 0.25) is 0 Å².